The number of hydrogen-bond donors (Lipinski definition) is 1. The van der Waals surface area contributed by atoms with Crippen LogP contribution in [0.3, 0.4) is 0 Å². The predicted octanol–water partition coefficient (Wildman–Crippen LogP) is 5.06. The Kier molecular flexibility index (Phi) is 6.75. The van der Waals surface area contributed by atoms with E-state index in [9.17, 15) is 4.79 Å². The largest absolute Gasteiger partial charge is 0.345 e. The molecule has 0 radical (unpaired) electrons. The Morgan fingerprint density at radius 3 is 2.90 bits per heavy atom. The van der Waals surface area contributed by atoms with E-state index >= 15 is 0 Å². The Bertz CT molecular complexity index is 937. The second-order valence-corrected chi connectivity index (χ2v) is 8.69. The highest BCUT2D eigenvalue weighted by Gasteiger charge is 2.21. The van der Waals surface area contributed by atoms with Crippen LogP contribution in [-0.4, -0.2) is 28.0 Å². The summed E-state index contributed by atoms with van der Waals surface area (Å²) < 4.78 is 1.96. The van der Waals surface area contributed by atoms with Gasteiger partial charge in [0.1, 0.15) is 5.69 Å². The van der Waals surface area contributed by atoms with Crippen molar-refractivity contribution in [3.63, 3.8) is 0 Å². The second-order valence-electron chi connectivity index (χ2n) is 7.85. The lowest BCUT2D eigenvalue weighted by atomic mass is 10.1. The van der Waals surface area contributed by atoms with E-state index in [0.717, 1.165) is 28.5 Å². The lowest BCUT2D eigenvalue weighted by Crippen LogP contribution is -2.37. The number of anilines is 1. The molecule has 5 nitrogen and oxygen atoms in total. The number of nitrogens with one attached hydrogen (secondary N) is 1. The number of piperidine rings is 1. The molecule has 0 bridgehead atoms. The van der Waals surface area contributed by atoms with Gasteiger partial charge in [-0.25, -0.2) is 4.98 Å². The Morgan fingerprint density at radius 2 is 2.17 bits per heavy atom. The molecule has 1 atom stereocenters. The number of allylic oxidation sites excluding steroid dienone is 3. The van der Waals surface area contributed by atoms with Gasteiger partial charge in [0.2, 0.25) is 0 Å². The van der Waals surface area contributed by atoms with Gasteiger partial charge in [-0.1, -0.05) is 24.8 Å². The van der Waals surface area contributed by atoms with Crippen molar-refractivity contribution in [2.45, 2.75) is 52.6 Å². The third-order valence-corrected chi connectivity index (χ3v) is 5.96. The first-order valence-electron chi connectivity index (χ1n) is 10.0. The average Bonchev–Trinajstić information content (AvgIpc) is 3.27. The zero-order valence-corrected chi connectivity index (χ0v) is 18.4. The van der Waals surface area contributed by atoms with Gasteiger partial charge in [0, 0.05) is 29.9 Å². The minimum absolute atomic E-state index is 0.172. The molecule has 0 spiro atoms. The van der Waals surface area contributed by atoms with Crippen LogP contribution in [0.25, 0.3) is 0 Å². The van der Waals surface area contributed by atoms with Gasteiger partial charge < -0.3 is 14.8 Å². The molecule has 1 saturated heterocycles. The van der Waals surface area contributed by atoms with Crippen LogP contribution < -0.4 is 10.2 Å². The smallest absolute Gasteiger partial charge is 0.272 e. The van der Waals surface area contributed by atoms with E-state index in [4.69, 9.17) is 4.98 Å². The van der Waals surface area contributed by atoms with Crippen molar-refractivity contribution in [1.82, 2.24) is 14.9 Å². The average molecular weight is 411 g/mol. The molecule has 0 aliphatic carbocycles. The molecule has 3 rings (SSSR count). The fourth-order valence-corrected chi connectivity index (χ4v) is 4.48. The highest BCUT2D eigenvalue weighted by molar-refractivity contribution is 7.13. The molecule has 1 N–H and O–H groups in total. The van der Waals surface area contributed by atoms with Gasteiger partial charge in [0.15, 0.2) is 5.13 Å². The summed E-state index contributed by atoms with van der Waals surface area (Å²) in [4.78, 5) is 20.0. The summed E-state index contributed by atoms with van der Waals surface area (Å²) in [5.74, 6) is -0.172. The maximum Gasteiger partial charge on any atom is 0.272 e. The van der Waals surface area contributed by atoms with E-state index in [1.165, 1.54) is 19.3 Å². The van der Waals surface area contributed by atoms with Crippen LogP contribution in [0.5, 0.6) is 0 Å². The van der Waals surface area contributed by atoms with Crippen LogP contribution in [0, 0.1) is 6.92 Å². The lowest BCUT2D eigenvalue weighted by molar-refractivity contribution is 0.0958. The van der Waals surface area contributed by atoms with Crippen molar-refractivity contribution in [3.05, 3.63) is 71.2 Å². The molecular weight excluding hydrogens is 380 g/mol. The molecule has 1 aliphatic rings. The van der Waals surface area contributed by atoms with Crippen molar-refractivity contribution in [2.75, 3.05) is 11.4 Å². The van der Waals surface area contributed by atoms with Crippen LogP contribution in [0.2, 0.25) is 0 Å². The minimum Gasteiger partial charge on any atom is -0.345 e. The van der Waals surface area contributed by atoms with Crippen LogP contribution >= 0.6 is 11.3 Å². The van der Waals surface area contributed by atoms with Crippen LogP contribution in [0.15, 0.2) is 54.2 Å². The van der Waals surface area contributed by atoms with E-state index in [0.29, 0.717) is 24.0 Å². The fourth-order valence-electron chi connectivity index (χ4n) is 3.53. The normalized spacial score (nSPS) is 16.9. The topological polar surface area (TPSA) is 50.2 Å². The van der Waals surface area contributed by atoms with E-state index in [-0.39, 0.29) is 5.91 Å². The quantitative estimate of drug-likeness (QED) is 0.650. The Morgan fingerprint density at radius 1 is 1.38 bits per heavy atom. The summed E-state index contributed by atoms with van der Waals surface area (Å²) in [5, 5.41) is 6.03. The van der Waals surface area contributed by atoms with E-state index in [2.05, 4.69) is 35.7 Å². The molecule has 0 aromatic carbocycles. The number of thiazole rings is 1. The van der Waals surface area contributed by atoms with E-state index < -0.39 is 0 Å². The molecule has 1 unspecified atom stereocenters. The molecule has 6 heteroatoms. The lowest BCUT2D eigenvalue weighted by Gasteiger charge is -2.33. The van der Waals surface area contributed by atoms with Gasteiger partial charge in [-0.3, -0.25) is 4.79 Å². The first-order chi connectivity index (χ1) is 13.8. The first-order valence-corrected chi connectivity index (χ1v) is 10.9. The standard InChI is InChI=1S/C23H30N4OS/c1-16(2)9-10-18(4)24-22(28)21-12-17(3)13-26(21)14-20-15-29-23(25-20)27-11-7-6-8-19(27)5/h9-10,12-13,15,19H,1,4,6-8,11,14H2,2-3,5H3,(H,24,28)/b10-9-. The molecule has 29 heavy (non-hydrogen) atoms. The zero-order valence-electron chi connectivity index (χ0n) is 17.6. The van der Waals surface area contributed by atoms with Crippen molar-refractivity contribution >= 4 is 22.4 Å². The van der Waals surface area contributed by atoms with Gasteiger partial charge in [-0.15, -0.1) is 11.3 Å². The third-order valence-electron chi connectivity index (χ3n) is 5.03. The zero-order chi connectivity index (χ0) is 21.0. The third kappa shape index (κ3) is 5.48. The predicted molar refractivity (Wildman–Crippen MR) is 122 cm³/mol. The van der Waals surface area contributed by atoms with Gasteiger partial charge in [0.25, 0.3) is 5.91 Å². The number of rotatable bonds is 7. The van der Waals surface area contributed by atoms with E-state index in [1.54, 1.807) is 17.4 Å². The fraction of sp³-hybridized carbons (Fsp3) is 0.391. The molecule has 154 valence electrons. The Labute approximate surface area is 177 Å². The highest BCUT2D eigenvalue weighted by atomic mass is 32.1. The molecular formula is C23H30N4OS. The van der Waals surface area contributed by atoms with E-state index in [1.807, 2.05) is 36.8 Å². The Hall–Kier alpha value is -2.60. The molecule has 1 amide bonds. The minimum atomic E-state index is -0.172. The number of amides is 1. The van der Waals surface area contributed by atoms with Gasteiger partial charge >= 0.3 is 0 Å². The number of aryl methyl sites for hydroxylation is 1. The molecule has 1 aliphatic heterocycles. The summed E-state index contributed by atoms with van der Waals surface area (Å²) in [5.41, 5.74) is 4.07. The van der Waals surface area contributed by atoms with Gasteiger partial charge in [-0.05, 0) is 57.7 Å². The SMILES string of the molecule is C=C(C)/C=C\C(=C)NC(=O)c1cc(C)cn1Cc1csc(N2CCCCC2C)n1. The number of nitrogens with zero attached hydrogens (tertiary/aromatic N) is 3. The summed E-state index contributed by atoms with van der Waals surface area (Å²) in [6.45, 7) is 15.5. The summed E-state index contributed by atoms with van der Waals surface area (Å²) in [6, 6.07) is 2.43. The first kappa shape index (κ1) is 21.1. The number of carbonyl (C=O) groups is 1. The van der Waals surface area contributed by atoms with Crippen LogP contribution in [0.4, 0.5) is 5.13 Å². The van der Waals surface area contributed by atoms with Gasteiger partial charge in [-0.2, -0.15) is 0 Å². The summed E-state index contributed by atoms with van der Waals surface area (Å²) in [7, 11) is 0. The molecule has 1 fully saturated rings. The van der Waals surface area contributed by atoms with Crippen LogP contribution in [0.1, 0.15) is 54.9 Å². The second kappa shape index (κ2) is 9.27. The number of aromatic nitrogens is 2. The summed E-state index contributed by atoms with van der Waals surface area (Å²) >= 11 is 1.69. The maximum atomic E-state index is 12.7. The number of carbonyl (C=O) groups excluding carboxylic acids is 1. The summed E-state index contributed by atoms with van der Waals surface area (Å²) in [6.07, 6.45) is 9.32. The van der Waals surface area contributed by atoms with Crippen molar-refractivity contribution < 1.29 is 4.79 Å². The molecule has 2 aromatic rings. The van der Waals surface area contributed by atoms with Crippen molar-refractivity contribution in [1.29, 1.82) is 0 Å². The maximum absolute atomic E-state index is 12.7. The Balaban J connectivity index is 1.72. The number of hydrogen-bond acceptors (Lipinski definition) is 4. The van der Waals surface area contributed by atoms with Crippen molar-refractivity contribution in [3.8, 4) is 0 Å². The van der Waals surface area contributed by atoms with Gasteiger partial charge in [0.05, 0.1) is 12.2 Å². The molecule has 3 heterocycles. The monoisotopic (exact) mass is 410 g/mol. The highest BCUT2D eigenvalue weighted by Crippen LogP contribution is 2.28. The van der Waals surface area contributed by atoms with Crippen LogP contribution in [-0.2, 0) is 6.54 Å². The molecule has 0 saturated carbocycles. The molecule has 2 aromatic heterocycles. The van der Waals surface area contributed by atoms with Crippen molar-refractivity contribution in [2.24, 2.45) is 0 Å².